The van der Waals surface area contributed by atoms with Gasteiger partial charge in [0.2, 0.25) is 5.91 Å². The summed E-state index contributed by atoms with van der Waals surface area (Å²) >= 11 is 0. The predicted octanol–water partition coefficient (Wildman–Crippen LogP) is 0.268. The molecular weight excluding hydrogens is 202 g/mol. The summed E-state index contributed by atoms with van der Waals surface area (Å²) in [6.45, 7) is 7.77. The van der Waals surface area contributed by atoms with E-state index >= 15 is 0 Å². The lowest BCUT2D eigenvalue weighted by Gasteiger charge is -2.34. The summed E-state index contributed by atoms with van der Waals surface area (Å²) in [7, 11) is 4.18. The molecule has 1 aliphatic heterocycles. The number of amides is 1. The highest BCUT2D eigenvalue weighted by atomic mass is 16.2. The van der Waals surface area contributed by atoms with Crippen molar-refractivity contribution in [3.8, 4) is 0 Å². The molecule has 0 aliphatic carbocycles. The summed E-state index contributed by atoms with van der Waals surface area (Å²) in [4.78, 5) is 18.1. The van der Waals surface area contributed by atoms with Crippen LogP contribution in [0.5, 0.6) is 0 Å². The highest BCUT2D eigenvalue weighted by molar-refractivity contribution is 5.87. The Morgan fingerprint density at radius 2 is 1.88 bits per heavy atom. The molecule has 1 fully saturated rings. The van der Waals surface area contributed by atoms with Gasteiger partial charge in [-0.05, 0) is 27.1 Å². The number of carbonyl (C=O) groups is 1. The minimum Gasteiger partial charge on any atom is -0.337 e. The average molecular weight is 225 g/mol. The van der Waals surface area contributed by atoms with E-state index in [0.717, 1.165) is 39.3 Å². The first kappa shape index (κ1) is 13.2. The van der Waals surface area contributed by atoms with Gasteiger partial charge >= 0.3 is 0 Å². The maximum atomic E-state index is 11.6. The second-order valence-corrected chi connectivity index (χ2v) is 4.47. The first-order chi connectivity index (χ1) is 7.63. The van der Waals surface area contributed by atoms with Crippen LogP contribution < -0.4 is 0 Å². The third kappa shape index (κ3) is 4.33. The molecule has 16 heavy (non-hydrogen) atoms. The molecule has 0 atom stereocenters. The maximum absolute atomic E-state index is 11.6. The SMILES string of the molecule is CC=CC(=O)N1CCN(CCN(C)C)CC1. The van der Waals surface area contributed by atoms with Gasteiger partial charge in [0.25, 0.3) is 0 Å². The topological polar surface area (TPSA) is 26.8 Å². The van der Waals surface area contributed by atoms with Gasteiger partial charge in [0.15, 0.2) is 0 Å². The van der Waals surface area contributed by atoms with Crippen molar-refractivity contribution in [2.45, 2.75) is 6.92 Å². The number of piperazine rings is 1. The Balaban J connectivity index is 2.25. The van der Waals surface area contributed by atoms with Gasteiger partial charge < -0.3 is 9.80 Å². The standard InChI is InChI=1S/C12H23N3O/c1-4-5-12(16)15-10-8-14(9-11-15)7-6-13(2)3/h4-5H,6-11H2,1-3H3. The van der Waals surface area contributed by atoms with E-state index in [4.69, 9.17) is 0 Å². The molecule has 0 unspecified atom stereocenters. The van der Waals surface area contributed by atoms with E-state index < -0.39 is 0 Å². The van der Waals surface area contributed by atoms with Crippen molar-refractivity contribution < 1.29 is 4.79 Å². The quantitative estimate of drug-likeness (QED) is 0.643. The lowest BCUT2D eigenvalue weighted by Crippen LogP contribution is -2.49. The number of allylic oxidation sites excluding steroid dienone is 1. The fourth-order valence-corrected chi connectivity index (χ4v) is 1.78. The van der Waals surface area contributed by atoms with E-state index in [0.29, 0.717) is 0 Å². The van der Waals surface area contributed by atoms with Gasteiger partial charge in [0.1, 0.15) is 0 Å². The van der Waals surface area contributed by atoms with Gasteiger partial charge in [-0.25, -0.2) is 0 Å². The highest BCUT2D eigenvalue weighted by Crippen LogP contribution is 2.02. The van der Waals surface area contributed by atoms with Crippen LogP contribution in [0.1, 0.15) is 6.92 Å². The fourth-order valence-electron chi connectivity index (χ4n) is 1.78. The molecule has 1 aliphatic rings. The Bertz CT molecular complexity index is 243. The Morgan fingerprint density at radius 1 is 1.25 bits per heavy atom. The van der Waals surface area contributed by atoms with Crippen molar-refractivity contribution in [1.82, 2.24) is 14.7 Å². The van der Waals surface area contributed by atoms with Gasteiger partial charge in [-0.1, -0.05) is 6.08 Å². The zero-order valence-electron chi connectivity index (χ0n) is 10.6. The molecule has 1 heterocycles. The van der Waals surface area contributed by atoms with Gasteiger partial charge in [-0.3, -0.25) is 9.69 Å². The van der Waals surface area contributed by atoms with Crippen molar-refractivity contribution in [3.63, 3.8) is 0 Å². The minimum absolute atomic E-state index is 0.148. The molecule has 1 rings (SSSR count). The molecule has 0 aromatic rings. The normalized spacial score (nSPS) is 18.6. The molecule has 0 aromatic carbocycles. The molecule has 0 bridgehead atoms. The number of carbonyl (C=O) groups excluding carboxylic acids is 1. The van der Waals surface area contributed by atoms with Crippen molar-refractivity contribution in [3.05, 3.63) is 12.2 Å². The smallest absolute Gasteiger partial charge is 0.246 e. The Hall–Kier alpha value is -0.870. The van der Waals surface area contributed by atoms with Crippen molar-refractivity contribution in [2.75, 3.05) is 53.4 Å². The molecule has 4 heteroatoms. The van der Waals surface area contributed by atoms with E-state index in [2.05, 4.69) is 23.9 Å². The summed E-state index contributed by atoms with van der Waals surface area (Å²) in [6, 6.07) is 0. The molecule has 1 saturated heterocycles. The predicted molar refractivity (Wildman–Crippen MR) is 66.4 cm³/mol. The first-order valence-electron chi connectivity index (χ1n) is 5.92. The molecule has 0 radical (unpaired) electrons. The summed E-state index contributed by atoms with van der Waals surface area (Å²) in [5, 5.41) is 0. The monoisotopic (exact) mass is 225 g/mol. The van der Waals surface area contributed by atoms with Gasteiger partial charge in [-0.2, -0.15) is 0 Å². The minimum atomic E-state index is 0.148. The van der Waals surface area contributed by atoms with Crippen LogP contribution in [0.2, 0.25) is 0 Å². The van der Waals surface area contributed by atoms with E-state index in [-0.39, 0.29) is 5.91 Å². The van der Waals surface area contributed by atoms with Crippen molar-refractivity contribution >= 4 is 5.91 Å². The van der Waals surface area contributed by atoms with Crippen LogP contribution in [0, 0.1) is 0 Å². The number of likely N-dealkylation sites (N-methyl/N-ethyl adjacent to an activating group) is 1. The van der Waals surface area contributed by atoms with Crippen molar-refractivity contribution in [1.29, 1.82) is 0 Å². The lowest BCUT2D eigenvalue weighted by molar-refractivity contribution is -0.127. The number of nitrogens with zero attached hydrogens (tertiary/aromatic N) is 3. The van der Waals surface area contributed by atoms with Crippen LogP contribution in [0.15, 0.2) is 12.2 Å². The van der Waals surface area contributed by atoms with Crippen LogP contribution in [-0.2, 0) is 4.79 Å². The summed E-state index contributed by atoms with van der Waals surface area (Å²) in [6.07, 6.45) is 3.45. The van der Waals surface area contributed by atoms with E-state index in [9.17, 15) is 4.79 Å². The number of hydrogen-bond donors (Lipinski definition) is 0. The molecule has 4 nitrogen and oxygen atoms in total. The third-order valence-corrected chi connectivity index (χ3v) is 2.86. The van der Waals surface area contributed by atoms with Crippen LogP contribution in [0.3, 0.4) is 0 Å². The largest absolute Gasteiger partial charge is 0.337 e. The molecule has 0 spiro atoms. The summed E-state index contributed by atoms with van der Waals surface area (Å²) < 4.78 is 0. The van der Waals surface area contributed by atoms with E-state index in [1.54, 1.807) is 12.2 Å². The van der Waals surface area contributed by atoms with Gasteiger partial charge in [0.05, 0.1) is 0 Å². The Labute approximate surface area is 98.5 Å². The van der Waals surface area contributed by atoms with Gasteiger partial charge in [-0.15, -0.1) is 0 Å². The van der Waals surface area contributed by atoms with Crippen molar-refractivity contribution in [2.24, 2.45) is 0 Å². The summed E-state index contributed by atoms with van der Waals surface area (Å²) in [5.41, 5.74) is 0. The fraction of sp³-hybridized carbons (Fsp3) is 0.750. The molecule has 0 aromatic heterocycles. The second-order valence-electron chi connectivity index (χ2n) is 4.47. The first-order valence-corrected chi connectivity index (χ1v) is 5.92. The average Bonchev–Trinajstić information content (AvgIpc) is 2.27. The van der Waals surface area contributed by atoms with Crippen LogP contribution in [0.25, 0.3) is 0 Å². The number of rotatable bonds is 4. The van der Waals surface area contributed by atoms with E-state index in [1.807, 2.05) is 11.8 Å². The van der Waals surface area contributed by atoms with Gasteiger partial charge in [0, 0.05) is 39.3 Å². The second kappa shape index (κ2) is 6.66. The third-order valence-electron chi connectivity index (χ3n) is 2.86. The van der Waals surface area contributed by atoms with E-state index in [1.165, 1.54) is 0 Å². The zero-order chi connectivity index (χ0) is 12.0. The highest BCUT2D eigenvalue weighted by Gasteiger charge is 2.18. The summed E-state index contributed by atoms with van der Waals surface area (Å²) in [5.74, 6) is 0.148. The molecular formula is C12H23N3O. The molecule has 0 saturated carbocycles. The molecule has 92 valence electrons. The molecule has 1 amide bonds. The zero-order valence-corrected chi connectivity index (χ0v) is 10.6. The Morgan fingerprint density at radius 3 is 2.38 bits per heavy atom. The molecule has 0 N–H and O–H groups in total. The van der Waals surface area contributed by atoms with Crippen LogP contribution >= 0.6 is 0 Å². The van der Waals surface area contributed by atoms with Crippen LogP contribution in [-0.4, -0.2) is 74.0 Å². The number of hydrogen-bond acceptors (Lipinski definition) is 3. The maximum Gasteiger partial charge on any atom is 0.246 e. The Kier molecular flexibility index (Phi) is 5.49. The van der Waals surface area contributed by atoms with Crippen LogP contribution in [0.4, 0.5) is 0 Å². The lowest BCUT2D eigenvalue weighted by atomic mass is 10.3.